The Hall–Kier alpha value is -2.58. The van der Waals surface area contributed by atoms with Crippen molar-refractivity contribution >= 4 is 46.6 Å². The number of nitrogens with one attached hydrogen (secondary N) is 1. The van der Waals surface area contributed by atoms with Crippen molar-refractivity contribution < 1.29 is 14.5 Å². The predicted octanol–water partition coefficient (Wildman–Crippen LogP) is 3.47. The van der Waals surface area contributed by atoms with E-state index >= 15 is 0 Å². The van der Waals surface area contributed by atoms with Gasteiger partial charge in [-0.25, -0.2) is 0 Å². The zero-order valence-corrected chi connectivity index (χ0v) is 14.6. The molecule has 0 bridgehead atoms. The molecule has 0 aliphatic heterocycles. The van der Waals surface area contributed by atoms with Crippen LogP contribution in [0.1, 0.15) is 17.3 Å². The van der Waals surface area contributed by atoms with E-state index in [2.05, 4.69) is 5.32 Å². The Morgan fingerprint density at radius 3 is 2.40 bits per heavy atom. The van der Waals surface area contributed by atoms with Gasteiger partial charge in [0.1, 0.15) is 0 Å². The van der Waals surface area contributed by atoms with Crippen LogP contribution in [0.5, 0.6) is 0 Å². The molecule has 0 aromatic heterocycles. The van der Waals surface area contributed by atoms with Crippen LogP contribution in [-0.4, -0.2) is 22.0 Å². The molecule has 130 valence electrons. The molecular formula is C16H14ClN3O4S. The zero-order valence-electron chi connectivity index (χ0n) is 13.1. The van der Waals surface area contributed by atoms with Gasteiger partial charge in [0.15, 0.2) is 0 Å². The molecule has 0 heterocycles. The monoisotopic (exact) mass is 379 g/mol. The molecule has 25 heavy (non-hydrogen) atoms. The fraction of sp³-hybridized carbons (Fsp3) is 0.125. The number of rotatable bonds is 6. The van der Waals surface area contributed by atoms with Crippen molar-refractivity contribution in [3.05, 3.63) is 63.2 Å². The molecule has 0 saturated heterocycles. The van der Waals surface area contributed by atoms with Crippen LogP contribution in [0.15, 0.2) is 47.4 Å². The lowest BCUT2D eigenvalue weighted by Gasteiger charge is -2.12. The summed E-state index contributed by atoms with van der Waals surface area (Å²) in [6, 6.07) is 10.4. The van der Waals surface area contributed by atoms with Gasteiger partial charge in [0.05, 0.1) is 20.8 Å². The molecule has 0 aliphatic carbocycles. The largest absolute Gasteiger partial charge is 0.366 e. The van der Waals surface area contributed by atoms with Crippen LogP contribution in [-0.2, 0) is 4.79 Å². The van der Waals surface area contributed by atoms with E-state index in [0.717, 1.165) is 4.90 Å². The summed E-state index contributed by atoms with van der Waals surface area (Å²) >= 11 is 7.21. The smallest absolute Gasteiger partial charge is 0.269 e. The van der Waals surface area contributed by atoms with E-state index < -0.39 is 16.1 Å². The van der Waals surface area contributed by atoms with Crippen LogP contribution >= 0.6 is 23.4 Å². The number of hydrogen-bond acceptors (Lipinski definition) is 5. The van der Waals surface area contributed by atoms with Gasteiger partial charge in [0.2, 0.25) is 11.8 Å². The van der Waals surface area contributed by atoms with Crippen molar-refractivity contribution in [2.75, 3.05) is 5.32 Å². The fourth-order valence-electron chi connectivity index (χ4n) is 1.94. The van der Waals surface area contributed by atoms with E-state index in [1.165, 1.54) is 42.1 Å². The Bertz CT molecular complexity index is 827. The van der Waals surface area contributed by atoms with Crippen LogP contribution < -0.4 is 11.1 Å². The molecule has 0 radical (unpaired) electrons. The third kappa shape index (κ3) is 4.94. The van der Waals surface area contributed by atoms with Gasteiger partial charge >= 0.3 is 0 Å². The average molecular weight is 380 g/mol. The van der Waals surface area contributed by atoms with E-state index in [4.69, 9.17) is 17.3 Å². The first kappa shape index (κ1) is 18.8. The summed E-state index contributed by atoms with van der Waals surface area (Å²) in [7, 11) is 0. The highest BCUT2D eigenvalue weighted by atomic mass is 35.5. The first-order valence-corrected chi connectivity index (χ1v) is 8.35. The van der Waals surface area contributed by atoms with Gasteiger partial charge in [-0.3, -0.25) is 19.7 Å². The highest BCUT2D eigenvalue weighted by molar-refractivity contribution is 8.00. The number of thioether (sulfide) groups is 1. The first-order valence-electron chi connectivity index (χ1n) is 7.09. The van der Waals surface area contributed by atoms with Crippen LogP contribution in [0, 0.1) is 10.1 Å². The summed E-state index contributed by atoms with van der Waals surface area (Å²) < 4.78 is 0. The topological polar surface area (TPSA) is 115 Å². The summed E-state index contributed by atoms with van der Waals surface area (Å²) in [6.07, 6.45) is 0. The van der Waals surface area contributed by atoms with Gasteiger partial charge in [-0.2, -0.15) is 0 Å². The Balaban J connectivity index is 2.01. The molecule has 2 aromatic carbocycles. The molecule has 1 unspecified atom stereocenters. The lowest BCUT2D eigenvalue weighted by Crippen LogP contribution is -2.22. The second kappa shape index (κ2) is 8.00. The second-order valence-electron chi connectivity index (χ2n) is 5.06. The number of carbonyl (C=O) groups is 2. The fourth-order valence-corrected chi connectivity index (χ4v) is 3.08. The van der Waals surface area contributed by atoms with Crippen molar-refractivity contribution in [1.82, 2.24) is 0 Å². The Morgan fingerprint density at radius 2 is 1.88 bits per heavy atom. The molecule has 0 aliphatic rings. The molecule has 7 nitrogen and oxygen atoms in total. The van der Waals surface area contributed by atoms with E-state index in [9.17, 15) is 19.7 Å². The minimum atomic E-state index is -0.648. The second-order valence-corrected chi connectivity index (χ2v) is 6.88. The van der Waals surface area contributed by atoms with Crippen molar-refractivity contribution in [1.29, 1.82) is 0 Å². The van der Waals surface area contributed by atoms with Gasteiger partial charge < -0.3 is 11.1 Å². The number of nitro groups is 1. The van der Waals surface area contributed by atoms with Crippen LogP contribution in [0.3, 0.4) is 0 Å². The number of benzene rings is 2. The van der Waals surface area contributed by atoms with E-state index in [1.54, 1.807) is 19.1 Å². The minimum Gasteiger partial charge on any atom is -0.366 e. The summed E-state index contributed by atoms with van der Waals surface area (Å²) in [4.78, 5) is 34.3. The number of primary amides is 1. The maximum Gasteiger partial charge on any atom is 0.269 e. The van der Waals surface area contributed by atoms with Crippen molar-refractivity contribution in [3.63, 3.8) is 0 Å². The third-order valence-corrected chi connectivity index (χ3v) is 4.66. The lowest BCUT2D eigenvalue weighted by atomic mass is 10.2. The first-order chi connectivity index (χ1) is 11.8. The van der Waals surface area contributed by atoms with Gasteiger partial charge in [-0.15, -0.1) is 11.8 Å². The van der Waals surface area contributed by atoms with Crippen LogP contribution in [0.2, 0.25) is 5.02 Å². The van der Waals surface area contributed by atoms with E-state index in [0.29, 0.717) is 5.69 Å². The summed E-state index contributed by atoms with van der Waals surface area (Å²) in [5.41, 5.74) is 5.78. The normalized spacial score (nSPS) is 11.6. The maximum atomic E-state index is 12.2. The molecule has 0 fully saturated rings. The Labute approximate surface area is 152 Å². The Kier molecular flexibility index (Phi) is 6.00. The number of nitrogens with zero attached hydrogens (tertiary/aromatic N) is 1. The van der Waals surface area contributed by atoms with Crippen molar-refractivity contribution in [3.8, 4) is 0 Å². The number of nitro benzene ring substituents is 1. The summed E-state index contributed by atoms with van der Waals surface area (Å²) in [5.74, 6) is -0.920. The van der Waals surface area contributed by atoms with Gasteiger partial charge in [-0.1, -0.05) is 11.6 Å². The van der Waals surface area contributed by atoms with E-state index in [1.807, 2.05) is 0 Å². The van der Waals surface area contributed by atoms with Crippen LogP contribution in [0.4, 0.5) is 11.4 Å². The summed E-state index contributed by atoms with van der Waals surface area (Å²) in [5, 5.41) is 13.0. The van der Waals surface area contributed by atoms with Crippen molar-refractivity contribution in [2.24, 2.45) is 5.73 Å². The number of hydrogen-bond donors (Lipinski definition) is 2. The van der Waals surface area contributed by atoms with Crippen molar-refractivity contribution in [2.45, 2.75) is 17.1 Å². The number of amides is 2. The molecule has 2 rings (SSSR count). The minimum absolute atomic E-state index is 0.00867. The number of nitrogens with two attached hydrogens (primary N) is 1. The van der Waals surface area contributed by atoms with Gasteiger partial charge in [-0.05, 0) is 37.3 Å². The van der Waals surface area contributed by atoms with Gasteiger partial charge in [0.25, 0.3) is 5.69 Å². The standard InChI is InChI=1S/C16H14ClN3O4S/c1-9(25-12-5-3-11(4-6-12)20(23)24)16(22)19-10-2-7-13(15(18)21)14(17)8-10/h2-9H,1H3,(H2,18,21)(H,19,22). The number of anilines is 1. The SMILES string of the molecule is CC(Sc1ccc([N+](=O)[O-])cc1)C(=O)Nc1ccc(C(N)=O)c(Cl)c1. The average Bonchev–Trinajstić information content (AvgIpc) is 2.55. The maximum absolute atomic E-state index is 12.2. The molecule has 2 aromatic rings. The van der Waals surface area contributed by atoms with Crippen LogP contribution in [0.25, 0.3) is 0 Å². The molecule has 0 spiro atoms. The van der Waals surface area contributed by atoms with E-state index in [-0.39, 0.29) is 22.2 Å². The molecule has 1 atom stereocenters. The lowest BCUT2D eigenvalue weighted by molar-refractivity contribution is -0.384. The highest BCUT2D eigenvalue weighted by Crippen LogP contribution is 2.27. The summed E-state index contributed by atoms with van der Waals surface area (Å²) in [6.45, 7) is 1.71. The number of halogens is 1. The number of non-ortho nitro benzene ring substituents is 1. The number of carbonyl (C=O) groups excluding carboxylic acids is 2. The Morgan fingerprint density at radius 1 is 1.24 bits per heavy atom. The van der Waals surface area contributed by atoms with Gasteiger partial charge in [0, 0.05) is 22.7 Å². The molecule has 0 saturated carbocycles. The quantitative estimate of drug-likeness (QED) is 0.453. The zero-order chi connectivity index (χ0) is 18.6. The predicted molar refractivity (Wildman–Crippen MR) is 97.0 cm³/mol. The third-order valence-electron chi connectivity index (χ3n) is 3.23. The molecule has 3 N–H and O–H groups in total. The molecule has 9 heteroatoms. The molecule has 2 amide bonds. The highest BCUT2D eigenvalue weighted by Gasteiger charge is 2.16. The molecular weight excluding hydrogens is 366 g/mol.